The molecule has 1 unspecified atom stereocenters. The van der Waals surface area contributed by atoms with Crippen molar-refractivity contribution in [2.24, 2.45) is 0 Å². The molecular weight excluding hydrogens is 248 g/mol. The number of carbonyl (C=O) groups is 2. The fourth-order valence-corrected chi connectivity index (χ4v) is 2.07. The summed E-state index contributed by atoms with van der Waals surface area (Å²) in [7, 11) is 1.75. The van der Waals surface area contributed by atoms with Crippen molar-refractivity contribution in [3.63, 3.8) is 0 Å². The topological polar surface area (TPSA) is 78.9 Å². The lowest BCUT2D eigenvalue weighted by Gasteiger charge is -2.27. The van der Waals surface area contributed by atoms with E-state index in [0.717, 1.165) is 25.9 Å². The molecule has 6 heteroatoms. The fraction of sp³-hybridized carbons (Fsp3) is 0.846. The number of hydrogen-bond donors (Lipinski definition) is 2. The first-order chi connectivity index (χ1) is 9.09. The minimum absolute atomic E-state index is 0.121. The number of rotatable bonds is 7. The number of ether oxygens (including phenoxy) is 1. The highest BCUT2D eigenvalue weighted by Gasteiger charge is 2.18. The van der Waals surface area contributed by atoms with Gasteiger partial charge in [0, 0.05) is 33.2 Å². The first-order valence-corrected chi connectivity index (χ1v) is 6.92. The maximum absolute atomic E-state index is 11.8. The third kappa shape index (κ3) is 7.00. The van der Waals surface area contributed by atoms with Crippen LogP contribution in [0.4, 0.5) is 4.79 Å². The van der Waals surface area contributed by atoms with E-state index < -0.39 is 5.97 Å². The Balaban J connectivity index is 2.08. The number of carboxylic acids is 1. The van der Waals surface area contributed by atoms with Gasteiger partial charge in [-0.05, 0) is 32.1 Å². The molecule has 19 heavy (non-hydrogen) atoms. The highest BCUT2D eigenvalue weighted by Crippen LogP contribution is 2.13. The molecule has 1 atom stereocenters. The van der Waals surface area contributed by atoms with Gasteiger partial charge in [0.15, 0.2) is 0 Å². The zero-order chi connectivity index (χ0) is 14.1. The molecule has 2 N–H and O–H groups in total. The van der Waals surface area contributed by atoms with Gasteiger partial charge in [-0.15, -0.1) is 0 Å². The summed E-state index contributed by atoms with van der Waals surface area (Å²) >= 11 is 0. The number of likely N-dealkylation sites (N-methyl/N-ethyl adjacent to an activating group) is 1. The summed E-state index contributed by atoms with van der Waals surface area (Å²) in [6, 6.07) is -0.121. The lowest BCUT2D eigenvalue weighted by atomic mass is 10.1. The van der Waals surface area contributed by atoms with Crippen LogP contribution >= 0.6 is 0 Å². The van der Waals surface area contributed by atoms with Crippen molar-refractivity contribution in [1.29, 1.82) is 0 Å². The maximum Gasteiger partial charge on any atom is 0.317 e. The molecule has 0 aromatic carbocycles. The van der Waals surface area contributed by atoms with Crippen LogP contribution in [0.2, 0.25) is 0 Å². The SMILES string of the molecule is CN(CC1CCCCO1)C(=O)NCCCCC(=O)O. The molecule has 1 fully saturated rings. The van der Waals surface area contributed by atoms with Crippen molar-refractivity contribution in [3.05, 3.63) is 0 Å². The van der Waals surface area contributed by atoms with Gasteiger partial charge < -0.3 is 20.1 Å². The van der Waals surface area contributed by atoms with E-state index in [9.17, 15) is 9.59 Å². The van der Waals surface area contributed by atoms with Gasteiger partial charge in [0.1, 0.15) is 0 Å². The second kappa shape index (κ2) is 8.74. The first-order valence-electron chi connectivity index (χ1n) is 6.92. The van der Waals surface area contributed by atoms with E-state index in [-0.39, 0.29) is 18.6 Å². The van der Waals surface area contributed by atoms with Crippen LogP contribution in [0.25, 0.3) is 0 Å². The average Bonchev–Trinajstić information content (AvgIpc) is 2.38. The molecule has 0 spiro atoms. The molecule has 0 aliphatic carbocycles. The van der Waals surface area contributed by atoms with Gasteiger partial charge in [0.05, 0.1) is 6.10 Å². The predicted molar refractivity (Wildman–Crippen MR) is 71.1 cm³/mol. The quantitative estimate of drug-likeness (QED) is 0.688. The molecule has 110 valence electrons. The molecule has 0 radical (unpaired) electrons. The molecule has 1 aliphatic rings. The van der Waals surface area contributed by atoms with E-state index in [1.165, 1.54) is 0 Å². The molecule has 1 aliphatic heterocycles. The molecule has 0 aromatic rings. The minimum atomic E-state index is -0.794. The van der Waals surface area contributed by atoms with E-state index in [2.05, 4.69) is 5.32 Å². The van der Waals surface area contributed by atoms with Gasteiger partial charge in [-0.25, -0.2) is 4.79 Å². The fourth-order valence-electron chi connectivity index (χ4n) is 2.07. The zero-order valence-corrected chi connectivity index (χ0v) is 11.6. The van der Waals surface area contributed by atoms with Crippen molar-refractivity contribution in [2.45, 2.75) is 44.6 Å². The average molecular weight is 272 g/mol. The van der Waals surface area contributed by atoms with Crippen LogP contribution in [-0.2, 0) is 9.53 Å². The van der Waals surface area contributed by atoms with E-state index in [4.69, 9.17) is 9.84 Å². The van der Waals surface area contributed by atoms with Gasteiger partial charge >= 0.3 is 12.0 Å². The number of nitrogens with one attached hydrogen (secondary N) is 1. The van der Waals surface area contributed by atoms with Crippen LogP contribution in [0, 0.1) is 0 Å². The number of nitrogens with zero attached hydrogens (tertiary/aromatic N) is 1. The molecule has 1 heterocycles. The molecule has 2 amide bonds. The Morgan fingerprint density at radius 3 is 2.79 bits per heavy atom. The van der Waals surface area contributed by atoms with E-state index >= 15 is 0 Å². The maximum atomic E-state index is 11.8. The van der Waals surface area contributed by atoms with E-state index in [1.54, 1.807) is 11.9 Å². The Bertz CT molecular complexity index is 290. The summed E-state index contributed by atoms with van der Waals surface area (Å²) in [5.41, 5.74) is 0. The van der Waals surface area contributed by atoms with Crippen molar-refractivity contribution in [3.8, 4) is 0 Å². The van der Waals surface area contributed by atoms with Crippen LogP contribution in [-0.4, -0.2) is 54.9 Å². The number of unbranched alkanes of at least 4 members (excludes halogenated alkanes) is 1. The Morgan fingerprint density at radius 1 is 1.37 bits per heavy atom. The summed E-state index contributed by atoms with van der Waals surface area (Å²) < 4.78 is 5.58. The van der Waals surface area contributed by atoms with Gasteiger partial charge in [-0.1, -0.05) is 0 Å². The summed E-state index contributed by atoms with van der Waals surface area (Å²) in [5.74, 6) is -0.794. The van der Waals surface area contributed by atoms with Crippen LogP contribution in [0.1, 0.15) is 38.5 Å². The number of hydrogen-bond acceptors (Lipinski definition) is 3. The molecular formula is C13H24N2O4. The Kier molecular flexibility index (Phi) is 7.25. The monoisotopic (exact) mass is 272 g/mol. The van der Waals surface area contributed by atoms with Crippen LogP contribution in [0.5, 0.6) is 0 Å². The Morgan fingerprint density at radius 2 is 2.16 bits per heavy atom. The van der Waals surface area contributed by atoms with Crippen molar-refractivity contribution < 1.29 is 19.4 Å². The second-order valence-electron chi connectivity index (χ2n) is 4.95. The summed E-state index contributed by atoms with van der Waals surface area (Å²) in [5, 5.41) is 11.3. The van der Waals surface area contributed by atoms with Crippen molar-refractivity contribution in [2.75, 3.05) is 26.7 Å². The summed E-state index contributed by atoms with van der Waals surface area (Å²) in [4.78, 5) is 23.7. The highest BCUT2D eigenvalue weighted by molar-refractivity contribution is 5.73. The number of carbonyl (C=O) groups excluding carboxylic acids is 1. The van der Waals surface area contributed by atoms with Gasteiger partial charge in [-0.3, -0.25) is 4.79 Å². The van der Waals surface area contributed by atoms with Crippen molar-refractivity contribution >= 4 is 12.0 Å². The summed E-state index contributed by atoms with van der Waals surface area (Å²) in [6.07, 6.45) is 4.86. The molecule has 6 nitrogen and oxygen atoms in total. The first kappa shape index (κ1) is 15.8. The third-order valence-corrected chi connectivity index (χ3v) is 3.19. The lowest BCUT2D eigenvalue weighted by Crippen LogP contribution is -2.42. The van der Waals surface area contributed by atoms with Crippen LogP contribution in [0.3, 0.4) is 0 Å². The standard InChI is InChI=1S/C13H24N2O4/c1-15(10-11-6-3-5-9-19-11)13(18)14-8-4-2-7-12(16)17/h11H,2-10H2,1H3,(H,14,18)(H,16,17). The smallest absolute Gasteiger partial charge is 0.317 e. The summed E-state index contributed by atoms with van der Waals surface area (Å²) in [6.45, 7) is 1.91. The normalized spacial score (nSPS) is 18.9. The largest absolute Gasteiger partial charge is 0.481 e. The van der Waals surface area contributed by atoms with E-state index in [1.807, 2.05) is 0 Å². The molecule has 1 rings (SSSR count). The Labute approximate surface area is 114 Å². The van der Waals surface area contributed by atoms with Crippen LogP contribution in [0.15, 0.2) is 0 Å². The number of aliphatic carboxylic acids is 1. The van der Waals surface area contributed by atoms with Gasteiger partial charge in [0.25, 0.3) is 0 Å². The molecule has 0 aromatic heterocycles. The van der Waals surface area contributed by atoms with Crippen LogP contribution < -0.4 is 5.32 Å². The number of urea groups is 1. The van der Waals surface area contributed by atoms with Crippen molar-refractivity contribution in [1.82, 2.24) is 10.2 Å². The number of amides is 2. The lowest BCUT2D eigenvalue weighted by molar-refractivity contribution is -0.137. The third-order valence-electron chi connectivity index (χ3n) is 3.19. The second-order valence-corrected chi connectivity index (χ2v) is 4.95. The molecule has 0 saturated carbocycles. The minimum Gasteiger partial charge on any atom is -0.481 e. The molecule has 1 saturated heterocycles. The number of carboxylic acid groups (broad SMARTS) is 1. The molecule has 0 bridgehead atoms. The van der Waals surface area contributed by atoms with E-state index in [0.29, 0.717) is 25.9 Å². The van der Waals surface area contributed by atoms with Gasteiger partial charge in [0.2, 0.25) is 0 Å². The van der Waals surface area contributed by atoms with Gasteiger partial charge in [-0.2, -0.15) is 0 Å². The predicted octanol–water partition coefficient (Wildman–Crippen LogP) is 1.45. The highest BCUT2D eigenvalue weighted by atomic mass is 16.5. The Hall–Kier alpha value is -1.30. The zero-order valence-electron chi connectivity index (χ0n) is 11.6.